The molecular weight excluding hydrogens is 458 g/mol. The van der Waals surface area contributed by atoms with Gasteiger partial charge in [0.1, 0.15) is 0 Å². The highest BCUT2D eigenvalue weighted by molar-refractivity contribution is 5.97. The lowest BCUT2D eigenvalue weighted by Gasteiger charge is -2.15. The molecule has 0 saturated heterocycles. The van der Waals surface area contributed by atoms with Gasteiger partial charge in [0.05, 0.1) is 17.4 Å². The van der Waals surface area contributed by atoms with Crippen molar-refractivity contribution in [3.63, 3.8) is 0 Å². The molecule has 2 heterocycles. The molecule has 0 saturated carbocycles. The molecule has 0 atom stereocenters. The van der Waals surface area contributed by atoms with E-state index in [2.05, 4.69) is 11.9 Å². The van der Waals surface area contributed by atoms with E-state index in [-0.39, 0.29) is 32.3 Å². The number of nitrogens with zero attached hydrogens (tertiary/aromatic N) is 2. The smallest absolute Gasteiger partial charge is 0.332 e. The van der Waals surface area contributed by atoms with Crippen LogP contribution >= 0.6 is 0 Å². The zero-order valence-corrected chi connectivity index (χ0v) is 19.8. The lowest BCUT2D eigenvalue weighted by Crippen LogP contribution is -2.40. The lowest BCUT2D eigenvalue weighted by atomic mass is 10.1. The van der Waals surface area contributed by atoms with Gasteiger partial charge in [-0.1, -0.05) is 42.0 Å². The number of ether oxygens (including phenoxy) is 2. The minimum atomic E-state index is -0.453. The number of rotatable bonds is 7. The molecule has 182 valence electrons. The van der Waals surface area contributed by atoms with Gasteiger partial charge >= 0.3 is 5.69 Å². The summed E-state index contributed by atoms with van der Waals surface area (Å²) in [7, 11) is 0. The van der Waals surface area contributed by atoms with Crippen LogP contribution in [0.5, 0.6) is 11.5 Å². The van der Waals surface area contributed by atoms with Crippen molar-refractivity contribution in [2.45, 2.75) is 26.6 Å². The number of carbonyl (C=O) groups excluding carboxylic acids is 1. The van der Waals surface area contributed by atoms with E-state index in [1.807, 2.05) is 43.3 Å². The van der Waals surface area contributed by atoms with Gasteiger partial charge in [0.15, 0.2) is 11.5 Å². The molecule has 1 aliphatic heterocycles. The van der Waals surface area contributed by atoms with Crippen molar-refractivity contribution in [2.24, 2.45) is 0 Å². The summed E-state index contributed by atoms with van der Waals surface area (Å²) in [5.74, 6) is 0.996. The van der Waals surface area contributed by atoms with Crippen LogP contribution in [0.25, 0.3) is 10.9 Å². The molecule has 0 radical (unpaired) electrons. The van der Waals surface area contributed by atoms with Gasteiger partial charge in [-0.2, -0.15) is 0 Å². The average Bonchev–Trinajstić information content (AvgIpc) is 3.36. The van der Waals surface area contributed by atoms with Crippen molar-refractivity contribution in [3.05, 3.63) is 116 Å². The van der Waals surface area contributed by atoms with Crippen molar-refractivity contribution < 1.29 is 14.3 Å². The van der Waals surface area contributed by atoms with Gasteiger partial charge in [0.25, 0.3) is 11.5 Å². The highest BCUT2D eigenvalue weighted by atomic mass is 16.7. The third kappa shape index (κ3) is 4.40. The Bertz CT molecular complexity index is 1600. The second-order valence-electron chi connectivity index (χ2n) is 8.66. The molecule has 0 spiro atoms. The fourth-order valence-corrected chi connectivity index (χ4v) is 4.21. The Kier molecular flexibility index (Phi) is 6.16. The van der Waals surface area contributed by atoms with E-state index in [1.165, 1.54) is 10.6 Å². The van der Waals surface area contributed by atoms with E-state index in [9.17, 15) is 14.4 Å². The van der Waals surface area contributed by atoms with Gasteiger partial charge < -0.3 is 14.8 Å². The molecule has 1 aliphatic rings. The van der Waals surface area contributed by atoms with Crippen LogP contribution < -0.4 is 26.0 Å². The number of benzene rings is 3. The number of hydrogen-bond acceptors (Lipinski definition) is 5. The number of nitrogens with one attached hydrogen (secondary N) is 1. The molecule has 0 bridgehead atoms. The Hall–Kier alpha value is -4.59. The lowest BCUT2D eigenvalue weighted by molar-refractivity contribution is 0.0951. The second-order valence-corrected chi connectivity index (χ2v) is 8.66. The molecule has 0 unspecified atom stereocenters. The topological polar surface area (TPSA) is 91.6 Å². The molecule has 1 N–H and O–H groups in total. The van der Waals surface area contributed by atoms with Crippen molar-refractivity contribution in [1.82, 2.24) is 14.5 Å². The van der Waals surface area contributed by atoms with Gasteiger partial charge in [0.2, 0.25) is 6.79 Å². The molecule has 3 aromatic carbocycles. The quantitative estimate of drug-likeness (QED) is 0.407. The number of allylic oxidation sites excluding steroid dienone is 1. The first-order valence-corrected chi connectivity index (χ1v) is 11.5. The van der Waals surface area contributed by atoms with Crippen molar-refractivity contribution in [2.75, 3.05) is 6.79 Å². The molecule has 5 rings (SSSR count). The van der Waals surface area contributed by atoms with Gasteiger partial charge in [-0.25, -0.2) is 4.79 Å². The van der Waals surface area contributed by atoms with Crippen molar-refractivity contribution >= 4 is 16.8 Å². The van der Waals surface area contributed by atoms with Gasteiger partial charge in [0, 0.05) is 18.7 Å². The minimum absolute atomic E-state index is 0.0965. The first kappa shape index (κ1) is 23.2. The third-order valence-electron chi connectivity index (χ3n) is 6.15. The van der Waals surface area contributed by atoms with Crippen molar-refractivity contribution in [1.29, 1.82) is 0 Å². The van der Waals surface area contributed by atoms with Gasteiger partial charge in [-0.05, 0) is 48.4 Å². The first-order chi connectivity index (χ1) is 17.4. The molecule has 1 aromatic heterocycles. The summed E-state index contributed by atoms with van der Waals surface area (Å²) in [5.41, 5.74) is 2.76. The monoisotopic (exact) mass is 483 g/mol. The standard InChI is InChI=1S/C28H25N3O5/c1-3-12-30-27(33)22-10-9-21(26(32)29-15-20-8-11-24-25(13-20)36-17-35-24)14-23(22)31(28(30)34)16-19-6-4-18(2)5-7-19/h3-11,13-14H,1,12,15-17H2,2H3,(H,29,32). The highest BCUT2D eigenvalue weighted by Crippen LogP contribution is 2.32. The molecule has 0 fully saturated rings. The SMILES string of the molecule is C=CCn1c(=O)c2ccc(C(=O)NCc3ccc4c(c3)OCO4)cc2n(Cc2ccc(C)cc2)c1=O. The highest BCUT2D eigenvalue weighted by Gasteiger charge is 2.17. The molecule has 8 heteroatoms. The number of amides is 1. The van der Waals surface area contributed by atoms with Crippen LogP contribution in [0.3, 0.4) is 0 Å². The maximum absolute atomic E-state index is 13.3. The first-order valence-electron chi connectivity index (χ1n) is 11.5. The fourth-order valence-electron chi connectivity index (χ4n) is 4.21. The molecule has 0 aliphatic carbocycles. The van der Waals surface area contributed by atoms with Crippen molar-refractivity contribution in [3.8, 4) is 11.5 Å². The van der Waals surface area contributed by atoms with Crippen LogP contribution in [0.1, 0.15) is 27.0 Å². The molecular formula is C28H25N3O5. The largest absolute Gasteiger partial charge is 0.454 e. The summed E-state index contributed by atoms with van der Waals surface area (Å²) in [6.45, 7) is 6.48. The molecule has 8 nitrogen and oxygen atoms in total. The maximum atomic E-state index is 13.3. The number of fused-ring (bicyclic) bond motifs is 2. The maximum Gasteiger partial charge on any atom is 0.332 e. The van der Waals surface area contributed by atoms with E-state index < -0.39 is 11.2 Å². The molecule has 36 heavy (non-hydrogen) atoms. The van der Waals surface area contributed by atoms with Gasteiger partial charge in [-0.15, -0.1) is 6.58 Å². The fraction of sp³-hybridized carbons (Fsp3) is 0.179. The Labute approximate surface area is 207 Å². The predicted molar refractivity (Wildman–Crippen MR) is 137 cm³/mol. The van der Waals surface area contributed by atoms with Crippen LogP contribution in [-0.2, 0) is 19.6 Å². The van der Waals surface area contributed by atoms with E-state index in [0.717, 1.165) is 21.3 Å². The number of carbonyl (C=O) groups is 1. The zero-order chi connectivity index (χ0) is 25.2. The van der Waals surface area contributed by atoms with Crippen LogP contribution in [0.15, 0.2) is 82.9 Å². The van der Waals surface area contributed by atoms with Crippen LogP contribution in [0.4, 0.5) is 0 Å². The van der Waals surface area contributed by atoms with E-state index in [0.29, 0.717) is 28.0 Å². The summed E-state index contributed by atoms with van der Waals surface area (Å²) in [6, 6.07) is 18.1. The normalized spacial score (nSPS) is 12.0. The van der Waals surface area contributed by atoms with E-state index in [4.69, 9.17) is 9.47 Å². The molecule has 1 amide bonds. The predicted octanol–water partition coefficient (Wildman–Crippen LogP) is 3.36. The third-order valence-corrected chi connectivity index (χ3v) is 6.15. The molecule has 4 aromatic rings. The summed E-state index contributed by atoms with van der Waals surface area (Å²) in [4.78, 5) is 39.3. The summed E-state index contributed by atoms with van der Waals surface area (Å²) in [5, 5.41) is 3.25. The minimum Gasteiger partial charge on any atom is -0.454 e. The van der Waals surface area contributed by atoms with Crippen LogP contribution in [-0.4, -0.2) is 21.8 Å². The Balaban J connectivity index is 1.50. The summed E-state index contributed by atoms with van der Waals surface area (Å²) < 4.78 is 13.4. The van der Waals surface area contributed by atoms with E-state index in [1.54, 1.807) is 24.3 Å². The van der Waals surface area contributed by atoms with Crippen LogP contribution in [0.2, 0.25) is 0 Å². The van der Waals surface area contributed by atoms with E-state index >= 15 is 0 Å². The van der Waals surface area contributed by atoms with Gasteiger partial charge in [-0.3, -0.25) is 18.7 Å². The summed E-state index contributed by atoms with van der Waals surface area (Å²) >= 11 is 0. The Morgan fingerprint density at radius 1 is 0.972 bits per heavy atom. The number of hydrogen-bond donors (Lipinski definition) is 1. The number of aryl methyl sites for hydroxylation is 1. The Morgan fingerprint density at radius 3 is 2.50 bits per heavy atom. The Morgan fingerprint density at radius 2 is 1.72 bits per heavy atom. The second kappa shape index (κ2) is 9.58. The summed E-state index contributed by atoms with van der Waals surface area (Å²) in [6.07, 6.45) is 1.52. The number of aromatic nitrogens is 2. The average molecular weight is 484 g/mol. The van der Waals surface area contributed by atoms with Crippen LogP contribution in [0, 0.1) is 6.92 Å². The zero-order valence-electron chi connectivity index (χ0n) is 19.8.